The van der Waals surface area contributed by atoms with Crippen LogP contribution in [0.2, 0.25) is 0 Å². The lowest BCUT2D eigenvalue weighted by atomic mass is 10.0. The van der Waals surface area contributed by atoms with Gasteiger partial charge >= 0.3 is 25.7 Å². The Morgan fingerprint density at radius 3 is 1.69 bits per heavy atom. The third-order valence-corrected chi connectivity index (χ3v) is 11.3. The van der Waals surface area contributed by atoms with Crippen LogP contribution in [0.1, 0.15) is 194 Å². The van der Waals surface area contributed by atoms with Crippen LogP contribution in [0.15, 0.2) is 36.5 Å². The summed E-state index contributed by atoms with van der Waals surface area (Å²) in [7, 11) is -4.73. The maximum Gasteiger partial charge on any atom is 0.472 e. The summed E-state index contributed by atoms with van der Waals surface area (Å²) in [5.74, 6) is -2.45. The molecule has 4 N–H and O–H groups in total. The van der Waals surface area contributed by atoms with Crippen molar-refractivity contribution in [1.29, 1.82) is 0 Å². The number of hydrogen-bond donors (Lipinski definition) is 3. The number of unbranched alkanes of at least 4 members (excludes halogenated alkanes) is 19. The van der Waals surface area contributed by atoms with E-state index in [-0.39, 0.29) is 19.4 Å². The quantitative estimate of drug-likeness (QED) is 0.0174. The first kappa shape index (κ1) is 54.7. The largest absolute Gasteiger partial charge is 0.480 e. The van der Waals surface area contributed by atoms with Crippen molar-refractivity contribution < 1.29 is 52.2 Å². The summed E-state index contributed by atoms with van der Waals surface area (Å²) in [5, 5.41) is 8.90. The standard InChI is InChI=1S/C46H82NO11P/c1-3-5-7-8-9-10-11-12-13-14-15-16-17-21-24-27-31-35-44(48)54-37-40(38-55-59(52,53)56-39-41(47)46(50)51)57-45(49)36-32-28-25-22-19-18-20-23-26-30-34-43-42(58-43)33-29-6-4-2/h18,20,22,25-26,30,40-43H,3-17,19,21,23-24,27-29,31-39,47H2,1-2H3,(H,50,51)(H,52,53)/b20-18-,25-22-,30-26-/t40-,41+,42?,43?/m1/s1. The van der Waals surface area contributed by atoms with Gasteiger partial charge in [-0.3, -0.25) is 23.4 Å². The fourth-order valence-corrected chi connectivity index (χ4v) is 7.34. The van der Waals surface area contributed by atoms with E-state index in [0.29, 0.717) is 31.5 Å². The van der Waals surface area contributed by atoms with Gasteiger partial charge in [0.05, 0.1) is 25.4 Å². The Bertz CT molecular complexity index is 1210. The molecule has 0 spiro atoms. The topological polar surface area (TPSA) is 184 Å². The fourth-order valence-electron chi connectivity index (χ4n) is 6.56. The number of carbonyl (C=O) groups is 3. The Morgan fingerprint density at radius 2 is 1.12 bits per heavy atom. The predicted molar refractivity (Wildman–Crippen MR) is 235 cm³/mol. The first-order valence-corrected chi connectivity index (χ1v) is 24.6. The summed E-state index contributed by atoms with van der Waals surface area (Å²) in [6.45, 7) is 2.73. The van der Waals surface area contributed by atoms with Gasteiger partial charge in [0.2, 0.25) is 0 Å². The number of rotatable bonds is 42. The molecule has 12 nitrogen and oxygen atoms in total. The zero-order valence-corrected chi connectivity index (χ0v) is 37.7. The van der Waals surface area contributed by atoms with Gasteiger partial charge in [-0.15, -0.1) is 0 Å². The predicted octanol–water partition coefficient (Wildman–Crippen LogP) is 11.4. The molecule has 1 aliphatic rings. The molecule has 1 rings (SSSR count). The van der Waals surface area contributed by atoms with E-state index >= 15 is 0 Å². The molecule has 0 amide bonds. The molecule has 5 atom stereocenters. The zero-order chi connectivity index (χ0) is 43.2. The first-order chi connectivity index (χ1) is 28.6. The lowest BCUT2D eigenvalue weighted by Gasteiger charge is -2.20. The molecule has 1 saturated heterocycles. The van der Waals surface area contributed by atoms with Gasteiger partial charge in [0.15, 0.2) is 6.10 Å². The van der Waals surface area contributed by atoms with Gasteiger partial charge in [-0.1, -0.05) is 172 Å². The van der Waals surface area contributed by atoms with E-state index in [9.17, 15) is 23.8 Å². The van der Waals surface area contributed by atoms with Crippen molar-refractivity contribution >= 4 is 25.7 Å². The molecule has 0 aromatic carbocycles. The second kappa shape index (κ2) is 37.4. The van der Waals surface area contributed by atoms with Crippen LogP contribution in [0, 0.1) is 0 Å². The third-order valence-electron chi connectivity index (χ3n) is 10.3. The summed E-state index contributed by atoms with van der Waals surface area (Å²) < 4.78 is 38.4. The van der Waals surface area contributed by atoms with Crippen molar-refractivity contribution in [3.05, 3.63) is 36.5 Å². The van der Waals surface area contributed by atoms with E-state index in [1.54, 1.807) is 0 Å². The Labute approximate surface area is 357 Å². The van der Waals surface area contributed by atoms with Crippen molar-refractivity contribution in [1.82, 2.24) is 0 Å². The Kier molecular flexibility index (Phi) is 34.7. The number of carboxylic acid groups (broad SMARTS) is 1. The van der Waals surface area contributed by atoms with Gasteiger partial charge in [0.25, 0.3) is 0 Å². The highest BCUT2D eigenvalue weighted by molar-refractivity contribution is 7.47. The van der Waals surface area contributed by atoms with Gasteiger partial charge in [0, 0.05) is 12.8 Å². The van der Waals surface area contributed by atoms with E-state index in [2.05, 4.69) is 42.7 Å². The Morgan fingerprint density at radius 1 is 0.627 bits per heavy atom. The molecule has 1 heterocycles. The average Bonchev–Trinajstić information content (AvgIpc) is 3.97. The number of carboxylic acids is 1. The normalized spacial score (nSPS) is 17.4. The number of allylic oxidation sites excluding steroid dienone is 5. The van der Waals surface area contributed by atoms with E-state index < -0.39 is 51.1 Å². The van der Waals surface area contributed by atoms with Crippen molar-refractivity contribution in [3.8, 4) is 0 Å². The minimum absolute atomic E-state index is 0.0829. The van der Waals surface area contributed by atoms with Crippen LogP contribution < -0.4 is 5.73 Å². The van der Waals surface area contributed by atoms with E-state index in [4.69, 9.17) is 29.6 Å². The van der Waals surface area contributed by atoms with Crippen molar-refractivity contribution in [2.45, 2.75) is 218 Å². The number of epoxide rings is 1. The number of aliphatic carboxylic acids is 1. The highest BCUT2D eigenvalue weighted by Crippen LogP contribution is 2.43. The minimum Gasteiger partial charge on any atom is -0.480 e. The van der Waals surface area contributed by atoms with Crippen LogP contribution in [-0.2, 0) is 42.2 Å². The van der Waals surface area contributed by atoms with Crippen molar-refractivity contribution in [3.63, 3.8) is 0 Å². The first-order valence-electron chi connectivity index (χ1n) is 23.1. The lowest BCUT2D eigenvalue weighted by molar-refractivity contribution is -0.161. The third kappa shape index (κ3) is 35.0. The molecule has 13 heteroatoms. The maximum atomic E-state index is 12.6. The summed E-state index contributed by atoms with van der Waals surface area (Å²) >= 11 is 0. The second-order valence-electron chi connectivity index (χ2n) is 15.9. The summed E-state index contributed by atoms with van der Waals surface area (Å²) in [6, 6.07) is -1.53. The van der Waals surface area contributed by atoms with Gasteiger partial charge in [-0.05, 0) is 44.9 Å². The van der Waals surface area contributed by atoms with E-state index in [0.717, 1.165) is 38.5 Å². The molecular formula is C46H82NO11P. The Hall–Kier alpha value is -2.34. The second-order valence-corrected chi connectivity index (χ2v) is 17.4. The van der Waals surface area contributed by atoms with Gasteiger partial charge in [0.1, 0.15) is 12.6 Å². The SMILES string of the molecule is CCCCCCCCCCCCCCCCCCCC(=O)OC[C@H](COP(=O)(O)OC[C@H](N)C(=O)O)OC(=O)CCC/C=C\C/C=C\C/C=C\CC1OC1CCCCC. The Balaban J connectivity index is 2.28. The van der Waals surface area contributed by atoms with Crippen LogP contribution >= 0.6 is 7.82 Å². The fraction of sp³-hybridized carbons (Fsp3) is 0.804. The summed E-state index contributed by atoms with van der Waals surface area (Å²) in [6.07, 6.45) is 42.5. The van der Waals surface area contributed by atoms with Crippen LogP contribution in [0.3, 0.4) is 0 Å². The molecule has 0 aromatic rings. The number of esters is 2. The van der Waals surface area contributed by atoms with Gasteiger partial charge in [-0.25, -0.2) is 4.57 Å². The smallest absolute Gasteiger partial charge is 0.472 e. The highest BCUT2D eigenvalue weighted by atomic mass is 31.2. The van der Waals surface area contributed by atoms with Crippen LogP contribution in [0.25, 0.3) is 0 Å². The maximum absolute atomic E-state index is 12.6. The van der Waals surface area contributed by atoms with Crippen LogP contribution in [0.4, 0.5) is 0 Å². The van der Waals surface area contributed by atoms with Gasteiger partial charge < -0.3 is 29.9 Å². The minimum atomic E-state index is -4.73. The number of ether oxygens (including phenoxy) is 3. The molecule has 342 valence electrons. The number of hydrogen-bond acceptors (Lipinski definition) is 10. The molecule has 0 radical (unpaired) electrons. The highest BCUT2D eigenvalue weighted by Gasteiger charge is 2.36. The van der Waals surface area contributed by atoms with Crippen LogP contribution in [0.5, 0.6) is 0 Å². The number of phosphoric acid groups is 1. The van der Waals surface area contributed by atoms with E-state index in [1.165, 1.54) is 109 Å². The molecule has 1 aliphatic heterocycles. The number of nitrogens with two attached hydrogens (primary N) is 1. The van der Waals surface area contributed by atoms with Crippen LogP contribution in [-0.4, -0.2) is 72.1 Å². The monoisotopic (exact) mass is 856 g/mol. The molecule has 0 saturated carbocycles. The molecular weight excluding hydrogens is 773 g/mol. The summed E-state index contributed by atoms with van der Waals surface area (Å²) in [4.78, 5) is 46.0. The van der Waals surface area contributed by atoms with Gasteiger partial charge in [-0.2, -0.15) is 0 Å². The van der Waals surface area contributed by atoms with Crippen molar-refractivity contribution in [2.24, 2.45) is 5.73 Å². The zero-order valence-electron chi connectivity index (χ0n) is 36.8. The average molecular weight is 856 g/mol. The summed E-state index contributed by atoms with van der Waals surface area (Å²) in [5.41, 5.74) is 5.34. The number of phosphoric ester groups is 1. The molecule has 0 aromatic heterocycles. The molecule has 59 heavy (non-hydrogen) atoms. The number of carbonyl (C=O) groups excluding carboxylic acids is 2. The molecule has 0 bridgehead atoms. The lowest BCUT2D eigenvalue weighted by Crippen LogP contribution is -2.34. The van der Waals surface area contributed by atoms with Crippen molar-refractivity contribution in [2.75, 3.05) is 19.8 Å². The molecule has 1 fully saturated rings. The molecule has 0 aliphatic carbocycles. The van der Waals surface area contributed by atoms with E-state index in [1.807, 2.05) is 12.2 Å². The molecule has 3 unspecified atom stereocenters.